The van der Waals surface area contributed by atoms with Gasteiger partial charge >= 0.3 is 0 Å². The first-order chi connectivity index (χ1) is 12.1. The largest absolute Gasteiger partial charge is 0.872 e. The Morgan fingerprint density at radius 3 is 2.60 bits per heavy atom. The molecule has 1 heterocycles. The summed E-state index contributed by atoms with van der Waals surface area (Å²) in [4.78, 5) is 7.90. The van der Waals surface area contributed by atoms with Crippen LogP contribution < -0.4 is 32.0 Å². The molecule has 25 heavy (non-hydrogen) atoms. The molecule has 1 aliphatic heterocycles. The lowest BCUT2D eigenvalue weighted by Crippen LogP contribution is -2.76. The zero-order chi connectivity index (χ0) is 17.4. The Hall–Kier alpha value is -3.47. The minimum Gasteiger partial charge on any atom is -0.872 e. The summed E-state index contributed by atoms with van der Waals surface area (Å²) < 4.78 is 0. The monoisotopic (exact) mass is 329 g/mol. The van der Waals surface area contributed by atoms with E-state index in [2.05, 4.69) is 9.98 Å². The molecule has 3 aromatic carbocycles. The second-order valence-electron chi connectivity index (χ2n) is 5.95. The van der Waals surface area contributed by atoms with Crippen molar-refractivity contribution in [2.75, 3.05) is 0 Å². The number of hydrogen-bond donors (Lipinski definition) is 3. The van der Waals surface area contributed by atoms with Gasteiger partial charge in [-0.15, -0.1) is 0 Å². The standard InChI is InChI=1S/C20H16N4O/c21-19(22)13-9-10-16-17(11-13)24-20(23-16)15-8-4-7-14(18(15)25)12-5-2-1-3-6-12/h1-11,20,25H,(H3,21,22)/p+1. The van der Waals surface area contributed by atoms with Crippen molar-refractivity contribution in [2.45, 2.75) is 6.17 Å². The van der Waals surface area contributed by atoms with Gasteiger partial charge in [-0.1, -0.05) is 54.3 Å². The number of fused-ring (bicyclic) bond motifs is 1. The van der Waals surface area contributed by atoms with Crippen LogP contribution in [0.15, 0.2) is 71.7 Å². The highest BCUT2D eigenvalue weighted by molar-refractivity contribution is 5.92. The first kappa shape index (κ1) is 15.1. The van der Waals surface area contributed by atoms with Crippen molar-refractivity contribution in [3.05, 3.63) is 88.6 Å². The molecular formula is C20H17N4O+. The van der Waals surface area contributed by atoms with Crippen LogP contribution in [0.5, 0.6) is 5.75 Å². The second kappa shape index (κ2) is 5.87. The summed E-state index contributed by atoms with van der Waals surface area (Å²) in [6, 6.07) is 20.7. The third kappa shape index (κ3) is 2.65. The maximum absolute atomic E-state index is 12.9. The van der Waals surface area contributed by atoms with E-state index >= 15 is 0 Å². The molecule has 5 nitrogen and oxygen atoms in total. The Bertz CT molecular complexity index is 1090. The van der Waals surface area contributed by atoms with Crippen molar-refractivity contribution in [1.82, 2.24) is 0 Å². The molecule has 5 heteroatoms. The summed E-state index contributed by atoms with van der Waals surface area (Å²) in [5.41, 5.74) is 8.56. The zero-order valence-corrected chi connectivity index (χ0v) is 13.4. The lowest BCUT2D eigenvalue weighted by Gasteiger charge is -2.18. The Labute approximate surface area is 144 Å². The molecule has 0 radical (unpaired) electrons. The van der Waals surface area contributed by atoms with Crippen LogP contribution in [0.3, 0.4) is 0 Å². The summed E-state index contributed by atoms with van der Waals surface area (Å²) in [6.07, 6.45) is -0.416. The fraction of sp³-hybridized carbons (Fsp3) is 0.0500. The SMILES string of the molecule is NC(=[NH2+])c1ccc2c(c1)=NC(c1cccc(-c3ccccc3)c1[O-])[NH+]=2. The van der Waals surface area contributed by atoms with Gasteiger partial charge in [0.15, 0.2) is 0 Å². The van der Waals surface area contributed by atoms with Crippen molar-refractivity contribution in [3.63, 3.8) is 0 Å². The van der Waals surface area contributed by atoms with E-state index in [0.717, 1.165) is 21.8 Å². The summed E-state index contributed by atoms with van der Waals surface area (Å²) in [6.45, 7) is 0. The molecule has 1 aliphatic rings. The zero-order valence-electron chi connectivity index (χ0n) is 13.4. The lowest BCUT2D eigenvalue weighted by atomic mass is 10.0. The van der Waals surface area contributed by atoms with Crippen LogP contribution in [0, 0.1) is 0 Å². The molecule has 0 aliphatic carbocycles. The van der Waals surface area contributed by atoms with Gasteiger partial charge in [-0.3, -0.25) is 11.1 Å². The first-order valence-corrected chi connectivity index (χ1v) is 7.98. The van der Waals surface area contributed by atoms with Crippen molar-refractivity contribution >= 4 is 5.84 Å². The maximum atomic E-state index is 12.9. The van der Waals surface area contributed by atoms with Gasteiger partial charge in [-0.2, -0.15) is 0 Å². The van der Waals surface area contributed by atoms with E-state index < -0.39 is 6.17 Å². The molecule has 1 unspecified atom stereocenters. The van der Waals surface area contributed by atoms with Gasteiger partial charge in [0.05, 0.1) is 5.56 Å². The van der Waals surface area contributed by atoms with Crippen molar-refractivity contribution < 1.29 is 15.5 Å². The van der Waals surface area contributed by atoms with E-state index in [1.165, 1.54) is 0 Å². The normalized spacial score (nSPS) is 15.1. The molecule has 0 spiro atoms. The third-order valence-corrected chi connectivity index (χ3v) is 4.32. The highest BCUT2D eigenvalue weighted by Crippen LogP contribution is 2.32. The molecule has 0 saturated heterocycles. The fourth-order valence-corrected chi connectivity index (χ4v) is 3.02. The van der Waals surface area contributed by atoms with Gasteiger partial charge in [0.25, 0.3) is 12.0 Å². The molecule has 0 fully saturated rings. The van der Waals surface area contributed by atoms with Crippen LogP contribution in [0.25, 0.3) is 11.1 Å². The minimum absolute atomic E-state index is 0.0205. The van der Waals surface area contributed by atoms with E-state index in [0.29, 0.717) is 11.1 Å². The Morgan fingerprint density at radius 1 is 1.04 bits per heavy atom. The number of nitrogens with one attached hydrogen (secondary N) is 1. The molecule has 0 amide bonds. The Kier molecular flexibility index (Phi) is 3.54. The highest BCUT2D eigenvalue weighted by Gasteiger charge is 2.21. The molecule has 0 bridgehead atoms. The van der Waals surface area contributed by atoms with Crippen LogP contribution in [0.2, 0.25) is 0 Å². The third-order valence-electron chi connectivity index (χ3n) is 4.32. The van der Waals surface area contributed by atoms with Crippen molar-refractivity contribution in [1.29, 1.82) is 0 Å². The Balaban J connectivity index is 1.80. The van der Waals surface area contributed by atoms with Gasteiger partial charge in [-0.25, -0.2) is 9.98 Å². The van der Waals surface area contributed by atoms with Gasteiger partial charge in [0.1, 0.15) is 5.36 Å². The highest BCUT2D eigenvalue weighted by atomic mass is 16.3. The van der Waals surface area contributed by atoms with Crippen LogP contribution in [-0.4, -0.2) is 5.84 Å². The predicted octanol–water partition coefficient (Wildman–Crippen LogP) is -2.08. The van der Waals surface area contributed by atoms with Crippen LogP contribution >= 0.6 is 0 Å². The predicted molar refractivity (Wildman–Crippen MR) is 91.6 cm³/mol. The van der Waals surface area contributed by atoms with E-state index in [1.807, 2.05) is 66.7 Å². The quantitative estimate of drug-likeness (QED) is 0.380. The van der Waals surface area contributed by atoms with Crippen LogP contribution in [0.4, 0.5) is 0 Å². The van der Waals surface area contributed by atoms with Gasteiger partial charge in [-0.05, 0) is 23.3 Å². The van der Waals surface area contributed by atoms with Crippen molar-refractivity contribution in [3.8, 4) is 16.9 Å². The van der Waals surface area contributed by atoms with Crippen molar-refractivity contribution in [2.24, 2.45) is 10.7 Å². The number of para-hydroxylation sites is 1. The molecule has 3 aromatic rings. The number of nitrogens with zero attached hydrogens (tertiary/aromatic N) is 1. The maximum Gasteiger partial charge on any atom is 0.271 e. The molecule has 4 rings (SSSR count). The summed E-state index contributed by atoms with van der Waals surface area (Å²) in [5, 5.41) is 20.2. The Morgan fingerprint density at radius 2 is 1.84 bits per heavy atom. The lowest BCUT2D eigenvalue weighted by molar-refractivity contribution is -0.542. The van der Waals surface area contributed by atoms with Gasteiger partial charge in [0.2, 0.25) is 5.36 Å². The molecule has 0 aromatic heterocycles. The smallest absolute Gasteiger partial charge is 0.271 e. The summed E-state index contributed by atoms with van der Waals surface area (Å²) in [7, 11) is 0. The molecule has 0 saturated carbocycles. The number of rotatable bonds is 3. The topological polar surface area (TPSA) is 101 Å². The summed E-state index contributed by atoms with van der Waals surface area (Å²) >= 11 is 0. The number of hydrogen-bond acceptors (Lipinski definition) is 2. The van der Waals surface area contributed by atoms with Crippen LogP contribution in [0.1, 0.15) is 17.3 Å². The summed E-state index contributed by atoms with van der Waals surface area (Å²) in [5.74, 6) is 0.227. The number of amidine groups is 1. The average molecular weight is 329 g/mol. The molecule has 122 valence electrons. The molecule has 5 N–H and O–H groups in total. The number of nitrogens with two attached hydrogens (primary N) is 2. The van der Waals surface area contributed by atoms with Crippen LogP contribution in [-0.2, 0) is 0 Å². The van der Waals surface area contributed by atoms with E-state index in [1.54, 1.807) is 0 Å². The fourth-order valence-electron chi connectivity index (χ4n) is 3.02. The van der Waals surface area contributed by atoms with E-state index in [9.17, 15) is 5.11 Å². The molecule has 1 atom stereocenters. The second-order valence-corrected chi connectivity index (χ2v) is 5.95. The van der Waals surface area contributed by atoms with Gasteiger partial charge < -0.3 is 5.11 Å². The first-order valence-electron chi connectivity index (χ1n) is 7.98. The van der Waals surface area contributed by atoms with E-state index in [-0.39, 0.29) is 11.6 Å². The van der Waals surface area contributed by atoms with Gasteiger partial charge in [0, 0.05) is 11.6 Å². The minimum atomic E-state index is -0.416. The molecular weight excluding hydrogens is 312 g/mol. The number of benzene rings is 3. The average Bonchev–Trinajstić information content (AvgIpc) is 3.05. The van der Waals surface area contributed by atoms with E-state index in [4.69, 9.17) is 11.1 Å².